The van der Waals surface area contributed by atoms with E-state index in [1.54, 1.807) is 0 Å². The number of amides is 1. The van der Waals surface area contributed by atoms with Gasteiger partial charge in [0.15, 0.2) is 0 Å². The number of carbonyl (C=O) groups is 1. The largest absolute Gasteiger partial charge is 0.355 e. The number of halogens is 1. The molecule has 1 aliphatic heterocycles. The van der Waals surface area contributed by atoms with Crippen LogP contribution in [0.25, 0.3) is 10.9 Å². The zero-order valence-electron chi connectivity index (χ0n) is 18.1. The first kappa shape index (κ1) is 21.3. The fraction of sp³-hybridized carbons (Fsp3) is 0.609. The Kier molecular flexibility index (Phi) is 6.74. The highest BCUT2D eigenvalue weighted by Gasteiger charge is 2.29. The molecule has 0 N–H and O–H groups in total. The number of benzene rings is 1. The topological polar surface area (TPSA) is 52.6 Å². The Balaban J connectivity index is 1.52. The molecule has 0 spiro atoms. The maximum atomic E-state index is 12.9. The zero-order valence-corrected chi connectivity index (χ0v) is 18.9. The van der Waals surface area contributed by atoms with Crippen LogP contribution >= 0.6 is 11.6 Å². The summed E-state index contributed by atoms with van der Waals surface area (Å²) in [5.74, 6) is 2.58. The Bertz CT molecular complexity index is 893. The number of likely N-dealkylation sites (N-methyl/N-ethyl adjacent to an activating group) is 1. The van der Waals surface area contributed by atoms with Crippen molar-refractivity contribution < 1.29 is 4.79 Å². The summed E-state index contributed by atoms with van der Waals surface area (Å²) in [6.07, 6.45) is 3.83. The second kappa shape index (κ2) is 9.48. The van der Waals surface area contributed by atoms with Crippen LogP contribution in [0.2, 0.25) is 5.02 Å². The average molecular weight is 430 g/mol. The standard InChI is InChI=1S/C23H32ClN5O/c1-3-10-29(11-9-21(30)28-14-12-27(4-2)13-15-28)23-19-8-7-18(24)16-20(19)25-22(26-23)17-5-6-17/h7-8,16-17H,3-6,9-15H2,1-2H3. The van der Waals surface area contributed by atoms with Crippen LogP contribution in [-0.2, 0) is 4.79 Å². The average Bonchev–Trinajstić information content (AvgIpc) is 3.61. The first-order valence-electron chi connectivity index (χ1n) is 11.3. The van der Waals surface area contributed by atoms with Crippen LogP contribution in [-0.4, -0.2) is 71.5 Å². The number of carbonyl (C=O) groups excluding carboxylic acids is 1. The summed E-state index contributed by atoms with van der Waals surface area (Å²) in [5, 5.41) is 1.71. The lowest BCUT2D eigenvalue weighted by atomic mass is 10.2. The lowest BCUT2D eigenvalue weighted by Gasteiger charge is -2.34. The molecule has 6 nitrogen and oxygen atoms in total. The first-order valence-corrected chi connectivity index (χ1v) is 11.7. The number of piperazine rings is 1. The number of nitrogens with zero attached hydrogens (tertiary/aromatic N) is 5. The molecule has 2 aromatic rings. The van der Waals surface area contributed by atoms with Crippen LogP contribution in [0.4, 0.5) is 5.82 Å². The molecule has 0 bridgehead atoms. The Hall–Kier alpha value is -1.92. The third-order valence-electron chi connectivity index (χ3n) is 6.16. The normalized spacial score (nSPS) is 17.5. The van der Waals surface area contributed by atoms with Gasteiger partial charge in [0.05, 0.1) is 5.52 Å². The van der Waals surface area contributed by atoms with Crippen LogP contribution in [0, 0.1) is 0 Å². The minimum Gasteiger partial charge on any atom is -0.355 e. The molecular formula is C23H32ClN5O. The van der Waals surface area contributed by atoms with E-state index in [1.807, 2.05) is 23.1 Å². The van der Waals surface area contributed by atoms with E-state index >= 15 is 0 Å². The van der Waals surface area contributed by atoms with Gasteiger partial charge in [0.25, 0.3) is 0 Å². The Labute approximate surface area is 184 Å². The van der Waals surface area contributed by atoms with Crippen molar-refractivity contribution in [3.63, 3.8) is 0 Å². The van der Waals surface area contributed by atoms with Crippen LogP contribution in [0.15, 0.2) is 18.2 Å². The van der Waals surface area contributed by atoms with Gasteiger partial charge in [-0.3, -0.25) is 4.79 Å². The quantitative estimate of drug-likeness (QED) is 0.636. The third kappa shape index (κ3) is 4.86. The van der Waals surface area contributed by atoms with Crippen molar-refractivity contribution in [1.82, 2.24) is 19.8 Å². The molecule has 162 valence electrons. The molecule has 1 saturated carbocycles. The summed E-state index contributed by atoms with van der Waals surface area (Å²) in [4.78, 5) is 29.3. The second-order valence-electron chi connectivity index (χ2n) is 8.39. The van der Waals surface area contributed by atoms with Gasteiger partial charge in [-0.1, -0.05) is 25.4 Å². The summed E-state index contributed by atoms with van der Waals surface area (Å²) in [6.45, 7) is 10.6. The van der Waals surface area contributed by atoms with Gasteiger partial charge in [-0.05, 0) is 44.0 Å². The summed E-state index contributed by atoms with van der Waals surface area (Å²) in [5.41, 5.74) is 0.900. The summed E-state index contributed by atoms with van der Waals surface area (Å²) >= 11 is 6.24. The van der Waals surface area contributed by atoms with Crippen molar-refractivity contribution in [3.8, 4) is 0 Å². The van der Waals surface area contributed by atoms with Crippen molar-refractivity contribution >= 4 is 34.2 Å². The van der Waals surface area contributed by atoms with Gasteiger partial charge in [-0.2, -0.15) is 0 Å². The molecule has 1 aromatic heterocycles. The van der Waals surface area contributed by atoms with Gasteiger partial charge in [0.2, 0.25) is 5.91 Å². The highest BCUT2D eigenvalue weighted by molar-refractivity contribution is 6.31. The Morgan fingerprint density at radius 3 is 2.57 bits per heavy atom. The Morgan fingerprint density at radius 2 is 1.90 bits per heavy atom. The number of hydrogen-bond acceptors (Lipinski definition) is 5. The minimum absolute atomic E-state index is 0.246. The van der Waals surface area contributed by atoms with Crippen LogP contribution in [0.5, 0.6) is 0 Å². The van der Waals surface area contributed by atoms with Crippen LogP contribution in [0.3, 0.4) is 0 Å². The highest BCUT2D eigenvalue weighted by atomic mass is 35.5. The molecule has 30 heavy (non-hydrogen) atoms. The predicted molar refractivity (Wildman–Crippen MR) is 122 cm³/mol. The molecule has 1 aliphatic carbocycles. The molecule has 4 rings (SSSR count). The minimum atomic E-state index is 0.246. The molecule has 2 heterocycles. The number of rotatable bonds is 8. The molecular weight excluding hydrogens is 398 g/mol. The molecule has 2 fully saturated rings. The van der Waals surface area contributed by atoms with E-state index in [4.69, 9.17) is 21.6 Å². The molecule has 2 aliphatic rings. The maximum absolute atomic E-state index is 12.9. The molecule has 7 heteroatoms. The maximum Gasteiger partial charge on any atom is 0.224 e. The predicted octanol–water partition coefficient (Wildman–Crippen LogP) is 3.93. The van der Waals surface area contributed by atoms with E-state index in [-0.39, 0.29) is 5.91 Å². The number of aromatic nitrogens is 2. The van der Waals surface area contributed by atoms with E-state index in [0.717, 1.165) is 81.1 Å². The van der Waals surface area contributed by atoms with Crippen LogP contribution in [0.1, 0.15) is 51.3 Å². The van der Waals surface area contributed by atoms with Gasteiger partial charge in [0.1, 0.15) is 11.6 Å². The molecule has 0 radical (unpaired) electrons. The third-order valence-corrected chi connectivity index (χ3v) is 6.39. The van der Waals surface area contributed by atoms with Crippen molar-refractivity contribution in [2.45, 2.75) is 45.4 Å². The zero-order chi connectivity index (χ0) is 21.1. The van der Waals surface area contributed by atoms with Gasteiger partial charge < -0.3 is 14.7 Å². The van der Waals surface area contributed by atoms with Crippen molar-refractivity contribution in [2.24, 2.45) is 0 Å². The fourth-order valence-electron chi connectivity index (χ4n) is 4.16. The molecule has 1 amide bonds. The number of fused-ring (bicyclic) bond motifs is 1. The molecule has 0 unspecified atom stereocenters. The van der Waals surface area contributed by atoms with Gasteiger partial charge in [-0.15, -0.1) is 0 Å². The fourth-order valence-corrected chi connectivity index (χ4v) is 4.33. The molecule has 0 atom stereocenters. The summed E-state index contributed by atoms with van der Waals surface area (Å²) in [7, 11) is 0. The van der Waals surface area contributed by atoms with Gasteiger partial charge in [0, 0.05) is 62.0 Å². The number of anilines is 1. The molecule has 1 aromatic carbocycles. The lowest BCUT2D eigenvalue weighted by molar-refractivity contribution is -0.132. The summed E-state index contributed by atoms with van der Waals surface area (Å²) in [6, 6.07) is 5.84. The van der Waals surface area contributed by atoms with E-state index in [0.29, 0.717) is 23.9 Å². The van der Waals surface area contributed by atoms with Gasteiger partial charge >= 0.3 is 0 Å². The lowest BCUT2D eigenvalue weighted by Crippen LogP contribution is -2.49. The van der Waals surface area contributed by atoms with E-state index < -0.39 is 0 Å². The van der Waals surface area contributed by atoms with E-state index in [1.165, 1.54) is 0 Å². The highest BCUT2D eigenvalue weighted by Crippen LogP contribution is 2.40. The van der Waals surface area contributed by atoms with Crippen molar-refractivity contribution in [1.29, 1.82) is 0 Å². The Morgan fingerprint density at radius 1 is 1.13 bits per heavy atom. The summed E-state index contributed by atoms with van der Waals surface area (Å²) < 4.78 is 0. The van der Waals surface area contributed by atoms with Gasteiger partial charge in [-0.25, -0.2) is 9.97 Å². The van der Waals surface area contributed by atoms with Crippen molar-refractivity contribution in [2.75, 3.05) is 50.7 Å². The van der Waals surface area contributed by atoms with Crippen molar-refractivity contribution in [3.05, 3.63) is 29.0 Å². The van der Waals surface area contributed by atoms with E-state index in [9.17, 15) is 4.79 Å². The monoisotopic (exact) mass is 429 g/mol. The number of hydrogen-bond donors (Lipinski definition) is 0. The first-order chi connectivity index (χ1) is 14.6. The molecule has 1 saturated heterocycles. The van der Waals surface area contributed by atoms with E-state index in [2.05, 4.69) is 23.6 Å². The second-order valence-corrected chi connectivity index (χ2v) is 8.83. The SMILES string of the molecule is CCCN(CCC(=O)N1CCN(CC)CC1)c1nc(C2CC2)nc2cc(Cl)ccc12. The van der Waals surface area contributed by atoms with Crippen LogP contribution < -0.4 is 4.90 Å². The smallest absolute Gasteiger partial charge is 0.224 e.